The number of amides is 1. The summed E-state index contributed by atoms with van der Waals surface area (Å²) >= 11 is 1.96. The van der Waals surface area contributed by atoms with Crippen LogP contribution in [0, 0.1) is 6.92 Å². The number of thioether (sulfide) groups is 1. The van der Waals surface area contributed by atoms with Gasteiger partial charge in [-0.25, -0.2) is 0 Å². The van der Waals surface area contributed by atoms with E-state index in [0.29, 0.717) is 18.7 Å². The van der Waals surface area contributed by atoms with E-state index >= 15 is 0 Å². The first kappa shape index (κ1) is 21.5. The Bertz CT molecular complexity index is 995. The third-order valence-corrected chi connectivity index (χ3v) is 6.48. The van der Waals surface area contributed by atoms with Crippen LogP contribution < -0.4 is 4.90 Å². The molecule has 4 rings (SSSR count). The van der Waals surface area contributed by atoms with E-state index < -0.39 is 0 Å². The Morgan fingerprint density at radius 3 is 2.48 bits per heavy atom. The van der Waals surface area contributed by atoms with Crippen LogP contribution in [0.25, 0.3) is 11.3 Å². The Kier molecular flexibility index (Phi) is 6.97. The van der Waals surface area contributed by atoms with Crippen LogP contribution in [0.1, 0.15) is 34.8 Å². The van der Waals surface area contributed by atoms with Gasteiger partial charge in [0, 0.05) is 42.3 Å². The number of carbonyl (C=O) groups is 1. The van der Waals surface area contributed by atoms with E-state index in [0.717, 1.165) is 59.3 Å². The zero-order chi connectivity index (χ0) is 21.6. The molecule has 2 heterocycles. The normalized spacial score (nSPS) is 13.9. The molecule has 1 aliphatic rings. The van der Waals surface area contributed by atoms with E-state index in [1.807, 2.05) is 78.2 Å². The summed E-state index contributed by atoms with van der Waals surface area (Å²) in [4.78, 5) is 17.6. The monoisotopic (exact) mass is 435 g/mol. The molecule has 31 heavy (non-hydrogen) atoms. The molecule has 0 radical (unpaired) electrons. The molecule has 1 saturated heterocycles. The largest absolute Gasteiger partial charge is 0.339 e. The summed E-state index contributed by atoms with van der Waals surface area (Å²) in [6, 6.07) is 17.9. The smallest absolute Gasteiger partial charge is 0.254 e. The summed E-state index contributed by atoms with van der Waals surface area (Å²) < 4.78 is 5.90. The molecule has 162 valence electrons. The Morgan fingerprint density at radius 2 is 1.81 bits per heavy atom. The second-order valence-electron chi connectivity index (χ2n) is 7.87. The highest BCUT2D eigenvalue weighted by molar-refractivity contribution is 7.99. The number of rotatable bonds is 7. The molecule has 0 saturated carbocycles. The van der Waals surface area contributed by atoms with Crippen molar-refractivity contribution in [1.82, 2.24) is 10.1 Å². The van der Waals surface area contributed by atoms with Gasteiger partial charge in [-0.15, -0.1) is 0 Å². The predicted molar refractivity (Wildman–Crippen MR) is 128 cm³/mol. The van der Waals surface area contributed by atoms with Crippen molar-refractivity contribution >= 4 is 23.6 Å². The molecule has 1 amide bonds. The van der Waals surface area contributed by atoms with Crippen LogP contribution in [0.3, 0.4) is 0 Å². The molecule has 5 nitrogen and oxygen atoms in total. The summed E-state index contributed by atoms with van der Waals surface area (Å²) in [7, 11) is 0. The minimum Gasteiger partial charge on any atom is -0.339 e. The van der Waals surface area contributed by atoms with Crippen molar-refractivity contribution < 1.29 is 9.32 Å². The highest BCUT2D eigenvalue weighted by Gasteiger charge is 2.27. The second kappa shape index (κ2) is 10.1. The van der Waals surface area contributed by atoms with Gasteiger partial charge in [0.1, 0.15) is 5.69 Å². The van der Waals surface area contributed by atoms with Gasteiger partial charge in [0.2, 0.25) is 5.88 Å². The minimum absolute atomic E-state index is 0.0437. The first-order valence-corrected chi connectivity index (χ1v) is 12.1. The van der Waals surface area contributed by atoms with Gasteiger partial charge in [0.05, 0.1) is 12.1 Å². The van der Waals surface area contributed by atoms with E-state index in [9.17, 15) is 4.79 Å². The zero-order valence-corrected chi connectivity index (χ0v) is 19.0. The molecular formula is C25H29N3O2S. The molecule has 3 aromatic rings. The molecule has 0 atom stereocenters. The van der Waals surface area contributed by atoms with Crippen LogP contribution in [-0.2, 0) is 6.54 Å². The molecule has 6 heteroatoms. The molecule has 0 spiro atoms. The first-order valence-electron chi connectivity index (χ1n) is 10.9. The van der Waals surface area contributed by atoms with Crippen LogP contribution in [-0.4, -0.2) is 47.1 Å². The quantitative estimate of drug-likeness (QED) is 0.507. The van der Waals surface area contributed by atoms with Gasteiger partial charge in [0.15, 0.2) is 0 Å². The molecule has 0 unspecified atom stereocenters. The fourth-order valence-electron chi connectivity index (χ4n) is 3.87. The number of nitrogens with zero attached hydrogens (tertiary/aromatic N) is 3. The lowest BCUT2D eigenvalue weighted by atomic mass is 10.1. The maximum atomic E-state index is 13.4. The molecule has 0 bridgehead atoms. The lowest BCUT2D eigenvalue weighted by Gasteiger charge is -2.28. The predicted octanol–water partition coefficient (Wildman–Crippen LogP) is 5.26. The van der Waals surface area contributed by atoms with Crippen molar-refractivity contribution in [3.8, 4) is 11.3 Å². The van der Waals surface area contributed by atoms with Gasteiger partial charge in [-0.05, 0) is 25.5 Å². The number of benzene rings is 2. The highest BCUT2D eigenvalue weighted by Crippen LogP contribution is 2.34. The van der Waals surface area contributed by atoms with Crippen molar-refractivity contribution in [2.45, 2.75) is 26.8 Å². The maximum absolute atomic E-state index is 13.4. The number of aryl methyl sites for hydroxylation is 1. The van der Waals surface area contributed by atoms with Gasteiger partial charge >= 0.3 is 0 Å². The Balaban J connectivity index is 1.70. The first-order chi connectivity index (χ1) is 15.2. The average molecular weight is 436 g/mol. The summed E-state index contributed by atoms with van der Waals surface area (Å²) in [5.41, 5.74) is 4.69. The number of hydrogen-bond donors (Lipinski definition) is 0. The lowest BCUT2D eigenvalue weighted by molar-refractivity contribution is 0.0743. The van der Waals surface area contributed by atoms with Crippen molar-refractivity contribution in [2.75, 3.05) is 36.0 Å². The third kappa shape index (κ3) is 4.96. The van der Waals surface area contributed by atoms with E-state index in [2.05, 4.69) is 17.0 Å². The van der Waals surface area contributed by atoms with Crippen LogP contribution in [0.15, 0.2) is 59.1 Å². The summed E-state index contributed by atoms with van der Waals surface area (Å²) in [6.07, 6.45) is 0.888. The fourth-order valence-corrected chi connectivity index (χ4v) is 4.78. The van der Waals surface area contributed by atoms with Gasteiger partial charge in [-0.3, -0.25) is 4.79 Å². The third-order valence-electron chi connectivity index (χ3n) is 5.54. The Labute approximate surface area is 188 Å². The highest BCUT2D eigenvalue weighted by atomic mass is 32.2. The molecule has 1 aromatic heterocycles. The topological polar surface area (TPSA) is 49.6 Å². The Morgan fingerprint density at radius 1 is 1.10 bits per heavy atom. The van der Waals surface area contributed by atoms with Crippen LogP contribution in [0.4, 0.5) is 5.88 Å². The van der Waals surface area contributed by atoms with Crippen LogP contribution >= 0.6 is 11.8 Å². The SMILES string of the molecule is CCCN(Cc1c(-c2ccccc2)noc1N1CCSCC1)C(=O)c1ccc(C)cc1. The molecule has 2 aromatic carbocycles. The second-order valence-corrected chi connectivity index (χ2v) is 9.10. The number of carbonyl (C=O) groups excluding carboxylic acids is 1. The van der Waals surface area contributed by atoms with Gasteiger partial charge in [-0.1, -0.05) is 60.1 Å². The maximum Gasteiger partial charge on any atom is 0.254 e. The van der Waals surface area contributed by atoms with Gasteiger partial charge in [-0.2, -0.15) is 11.8 Å². The van der Waals surface area contributed by atoms with Gasteiger partial charge in [0.25, 0.3) is 5.91 Å². The summed E-state index contributed by atoms with van der Waals surface area (Å²) in [6.45, 7) is 7.16. The average Bonchev–Trinajstić information content (AvgIpc) is 3.23. The molecule has 0 N–H and O–H groups in total. The minimum atomic E-state index is 0.0437. The van der Waals surface area contributed by atoms with Crippen molar-refractivity contribution in [3.63, 3.8) is 0 Å². The van der Waals surface area contributed by atoms with E-state index in [4.69, 9.17) is 4.52 Å². The molecule has 1 aliphatic heterocycles. The van der Waals surface area contributed by atoms with Gasteiger partial charge < -0.3 is 14.3 Å². The molecular weight excluding hydrogens is 406 g/mol. The number of hydrogen-bond acceptors (Lipinski definition) is 5. The van der Waals surface area contributed by atoms with Crippen molar-refractivity contribution in [2.24, 2.45) is 0 Å². The number of anilines is 1. The summed E-state index contributed by atoms with van der Waals surface area (Å²) in [5, 5.41) is 4.46. The van der Waals surface area contributed by atoms with E-state index in [-0.39, 0.29) is 5.91 Å². The van der Waals surface area contributed by atoms with E-state index in [1.54, 1.807) is 0 Å². The standard InChI is InChI=1S/C25H29N3O2S/c1-3-13-28(24(29)21-11-9-19(2)10-12-21)18-22-23(20-7-5-4-6-8-20)26-30-25(22)27-14-16-31-17-15-27/h4-12H,3,13-18H2,1-2H3. The van der Waals surface area contributed by atoms with Crippen LogP contribution in [0.2, 0.25) is 0 Å². The lowest BCUT2D eigenvalue weighted by Crippen LogP contribution is -2.35. The zero-order valence-electron chi connectivity index (χ0n) is 18.2. The van der Waals surface area contributed by atoms with Crippen LogP contribution in [0.5, 0.6) is 0 Å². The van der Waals surface area contributed by atoms with E-state index in [1.165, 1.54) is 0 Å². The molecule has 0 aliphatic carbocycles. The van der Waals surface area contributed by atoms with Crippen molar-refractivity contribution in [1.29, 1.82) is 0 Å². The van der Waals surface area contributed by atoms with Crippen molar-refractivity contribution in [3.05, 3.63) is 71.3 Å². The Hall–Kier alpha value is -2.73. The fraction of sp³-hybridized carbons (Fsp3) is 0.360. The summed E-state index contributed by atoms with van der Waals surface area (Å²) in [5.74, 6) is 2.99. The number of aromatic nitrogens is 1. The molecule has 1 fully saturated rings.